The van der Waals surface area contributed by atoms with Gasteiger partial charge in [0.1, 0.15) is 18.0 Å². The van der Waals surface area contributed by atoms with Gasteiger partial charge in [-0.05, 0) is 5.92 Å². The van der Waals surface area contributed by atoms with E-state index in [0.717, 1.165) is 17.0 Å². The molecule has 2 saturated heterocycles. The second kappa shape index (κ2) is 13.1. The zero-order valence-electron chi connectivity index (χ0n) is 24.1. The fourth-order valence-corrected chi connectivity index (χ4v) is 4.76. The third-order valence-corrected chi connectivity index (χ3v) is 6.95. The van der Waals surface area contributed by atoms with Crippen LogP contribution in [0.2, 0.25) is 0 Å². The predicted octanol–water partition coefficient (Wildman–Crippen LogP) is 2.22. The lowest BCUT2D eigenvalue weighted by Crippen LogP contribution is -2.51. The van der Waals surface area contributed by atoms with Crippen LogP contribution in [0.5, 0.6) is 0 Å². The maximum Gasteiger partial charge on any atom is 0.508 e. The minimum Gasteiger partial charge on any atom is -0.440 e. The van der Waals surface area contributed by atoms with Crippen LogP contribution < -0.4 is 15.1 Å². The van der Waals surface area contributed by atoms with E-state index in [2.05, 4.69) is 15.3 Å². The Kier molecular flexibility index (Phi) is 9.06. The molecule has 3 aromatic rings. The average Bonchev–Trinajstić information content (AvgIpc) is 3.61. The molecule has 0 bridgehead atoms. The van der Waals surface area contributed by atoms with Gasteiger partial charge in [0.05, 0.1) is 31.6 Å². The Bertz CT molecular complexity index is 1500. The molecule has 1 unspecified atom stereocenters. The van der Waals surface area contributed by atoms with Crippen LogP contribution >= 0.6 is 0 Å². The van der Waals surface area contributed by atoms with Crippen molar-refractivity contribution in [2.75, 3.05) is 62.3 Å². The minimum atomic E-state index is -0.901. The molecule has 2 fully saturated rings. The number of rotatable bonds is 9. The lowest BCUT2D eigenvalue weighted by Gasteiger charge is -2.36. The van der Waals surface area contributed by atoms with Crippen molar-refractivity contribution in [3.8, 4) is 0 Å². The lowest BCUT2D eigenvalue weighted by atomic mass is 10.2. The summed E-state index contributed by atoms with van der Waals surface area (Å²) in [5.41, 5.74) is 0.293. The van der Waals surface area contributed by atoms with E-state index in [1.807, 2.05) is 13.8 Å². The van der Waals surface area contributed by atoms with Gasteiger partial charge in [0, 0.05) is 56.9 Å². The first-order valence-corrected chi connectivity index (χ1v) is 14.0. The second-order valence-electron chi connectivity index (χ2n) is 10.7. The van der Waals surface area contributed by atoms with Gasteiger partial charge in [-0.3, -0.25) is 19.5 Å². The molecule has 0 spiro atoms. The summed E-state index contributed by atoms with van der Waals surface area (Å²) in [5.74, 6) is -2.53. The molecule has 16 heteroatoms. The normalized spacial score (nSPS) is 16.8. The highest BCUT2D eigenvalue weighted by atomic mass is 19.1. The van der Waals surface area contributed by atoms with Crippen LogP contribution in [0.3, 0.4) is 0 Å². The Balaban J connectivity index is 1.12. The molecule has 5 rings (SSSR count). The highest BCUT2D eigenvalue weighted by Gasteiger charge is 2.35. The number of carbonyl (C=O) groups is 4. The Hall–Kier alpha value is -5.02. The van der Waals surface area contributed by atoms with Crippen LogP contribution in [-0.4, -0.2) is 102 Å². The van der Waals surface area contributed by atoms with Gasteiger partial charge >= 0.3 is 12.2 Å². The van der Waals surface area contributed by atoms with Crippen molar-refractivity contribution in [1.82, 2.24) is 24.6 Å². The first-order valence-electron chi connectivity index (χ1n) is 14.0. The number of amides is 3. The third-order valence-electron chi connectivity index (χ3n) is 6.95. The first-order chi connectivity index (χ1) is 21.1. The largest absolute Gasteiger partial charge is 0.508 e. The van der Waals surface area contributed by atoms with Crippen molar-refractivity contribution < 1.29 is 42.2 Å². The molecule has 1 aromatic carbocycles. The number of cyclic esters (lactones) is 1. The van der Waals surface area contributed by atoms with E-state index >= 15 is 8.78 Å². The average molecular weight is 616 g/mol. The summed E-state index contributed by atoms with van der Waals surface area (Å²) >= 11 is 0. The highest BCUT2D eigenvalue weighted by molar-refractivity contribution is 5.95. The van der Waals surface area contributed by atoms with E-state index in [0.29, 0.717) is 5.65 Å². The van der Waals surface area contributed by atoms with Crippen LogP contribution in [0.4, 0.5) is 29.7 Å². The number of imidazole rings is 1. The molecule has 3 amide bonds. The van der Waals surface area contributed by atoms with Crippen LogP contribution in [0.25, 0.3) is 5.65 Å². The number of fused-ring (bicyclic) bond motifs is 1. The van der Waals surface area contributed by atoms with E-state index in [4.69, 9.17) is 14.2 Å². The number of hydrogen-bond acceptors (Lipinski definition) is 10. The molecule has 4 heterocycles. The van der Waals surface area contributed by atoms with Gasteiger partial charge < -0.3 is 33.7 Å². The van der Waals surface area contributed by atoms with Gasteiger partial charge in [-0.1, -0.05) is 13.8 Å². The number of halogens is 2. The van der Waals surface area contributed by atoms with Crippen LogP contribution in [0, 0.1) is 17.6 Å². The molecule has 0 radical (unpaired) electrons. The molecule has 14 nitrogen and oxygen atoms in total. The number of nitrogens with zero attached hydrogens (tertiary/aromatic N) is 6. The molecule has 44 heavy (non-hydrogen) atoms. The number of benzene rings is 1. The monoisotopic (exact) mass is 615 g/mol. The zero-order valence-corrected chi connectivity index (χ0v) is 24.1. The highest BCUT2D eigenvalue weighted by Crippen LogP contribution is 2.31. The van der Waals surface area contributed by atoms with Gasteiger partial charge in [0.2, 0.25) is 5.91 Å². The number of anilines is 2. The summed E-state index contributed by atoms with van der Waals surface area (Å²) in [6, 6.07) is 2.06. The first kappa shape index (κ1) is 30.4. The van der Waals surface area contributed by atoms with Gasteiger partial charge in [0.25, 0.3) is 5.91 Å². The predicted molar refractivity (Wildman–Crippen MR) is 150 cm³/mol. The van der Waals surface area contributed by atoms with Crippen molar-refractivity contribution in [2.24, 2.45) is 5.92 Å². The fourth-order valence-electron chi connectivity index (χ4n) is 4.76. The fraction of sp³-hybridized carbons (Fsp3) is 0.429. The maximum atomic E-state index is 15.2. The van der Waals surface area contributed by atoms with Gasteiger partial charge in [-0.25, -0.2) is 23.4 Å². The van der Waals surface area contributed by atoms with Crippen molar-refractivity contribution in [1.29, 1.82) is 0 Å². The van der Waals surface area contributed by atoms with E-state index < -0.39 is 35.9 Å². The molecule has 2 aliphatic heterocycles. The summed E-state index contributed by atoms with van der Waals surface area (Å²) in [7, 11) is 0. The standard InChI is InChI=1S/C28H31F2N7O7/c1-17(2)15-42-28(41)43-16-19-13-37(27(40)44-19)18-9-20(29)25(21(30)10-18)35-7-5-34(6-8-35)24(38)12-32-26(39)22-14-36-4-3-31-11-23(36)33-22/h3-4,9-11,14,17,19H,5-8,12-13,15-16H2,1-2H3,(H,32,39). The van der Waals surface area contributed by atoms with Crippen molar-refractivity contribution in [2.45, 2.75) is 20.0 Å². The minimum absolute atomic E-state index is 0.0509. The quantitative estimate of drug-likeness (QED) is 0.355. The van der Waals surface area contributed by atoms with Crippen LogP contribution in [0.1, 0.15) is 24.3 Å². The molecule has 1 atom stereocenters. The number of nitrogens with one attached hydrogen (secondary N) is 1. The SMILES string of the molecule is CC(C)COC(=O)OCC1CN(c2cc(F)c(N3CCN(C(=O)CNC(=O)c4cn5ccncc5n4)CC3)c(F)c2)C(=O)O1. The van der Waals surface area contributed by atoms with Gasteiger partial charge in [-0.15, -0.1) is 0 Å². The Morgan fingerprint density at radius 2 is 1.84 bits per heavy atom. The number of carbonyl (C=O) groups excluding carboxylic acids is 4. The Labute approximate surface area is 250 Å². The van der Waals surface area contributed by atoms with Crippen LogP contribution in [0.15, 0.2) is 36.9 Å². The lowest BCUT2D eigenvalue weighted by molar-refractivity contribution is -0.130. The number of ether oxygens (including phenoxy) is 3. The summed E-state index contributed by atoms with van der Waals surface area (Å²) in [4.78, 5) is 61.3. The third kappa shape index (κ3) is 6.95. The van der Waals surface area contributed by atoms with E-state index in [1.165, 1.54) is 22.2 Å². The van der Waals surface area contributed by atoms with Crippen molar-refractivity contribution >= 4 is 41.1 Å². The van der Waals surface area contributed by atoms with Crippen LogP contribution in [-0.2, 0) is 19.0 Å². The maximum absolute atomic E-state index is 15.2. The molecule has 234 valence electrons. The molecular formula is C28H31F2N7O7. The summed E-state index contributed by atoms with van der Waals surface area (Å²) in [6.45, 7) is 3.92. The molecule has 2 aromatic heterocycles. The zero-order chi connectivity index (χ0) is 31.4. The number of piperazine rings is 1. The van der Waals surface area contributed by atoms with Gasteiger partial charge in [0.15, 0.2) is 23.4 Å². The van der Waals surface area contributed by atoms with E-state index in [1.54, 1.807) is 16.8 Å². The smallest absolute Gasteiger partial charge is 0.440 e. The summed E-state index contributed by atoms with van der Waals surface area (Å²) in [5, 5.41) is 2.55. The molecule has 2 aliphatic rings. The summed E-state index contributed by atoms with van der Waals surface area (Å²) in [6.07, 6.45) is 3.65. The van der Waals surface area contributed by atoms with E-state index in [-0.39, 0.29) is 81.4 Å². The van der Waals surface area contributed by atoms with Crippen molar-refractivity contribution in [3.63, 3.8) is 0 Å². The second-order valence-corrected chi connectivity index (χ2v) is 10.7. The molecular weight excluding hydrogens is 584 g/mol. The molecule has 0 saturated carbocycles. The Morgan fingerprint density at radius 3 is 2.52 bits per heavy atom. The molecule has 1 N–H and O–H groups in total. The topological polar surface area (TPSA) is 148 Å². The number of aromatic nitrogens is 3. The Morgan fingerprint density at radius 1 is 1.11 bits per heavy atom. The van der Waals surface area contributed by atoms with Crippen molar-refractivity contribution in [3.05, 3.63) is 54.2 Å². The summed E-state index contributed by atoms with van der Waals surface area (Å²) < 4.78 is 47.1. The van der Waals surface area contributed by atoms with E-state index in [9.17, 15) is 19.2 Å². The molecule has 0 aliphatic carbocycles. The number of hydrogen-bond donors (Lipinski definition) is 1. The van der Waals surface area contributed by atoms with Gasteiger partial charge in [-0.2, -0.15) is 0 Å².